The number of hydrogen-bond donors (Lipinski definition) is 1. The van der Waals surface area contributed by atoms with Gasteiger partial charge in [-0.05, 0) is 36.6 Å². The molecule has 2 rings (SSSR count). The van der Waals surface area contributed by atoms with Crippen molar-refractivity contribution in [3.8, 4) is 0 Å². The number of halogens is 6. The molecule has 1 aliphatic carbocycles. The molecule has 1 aromatic rings. The molecule has 8 heteroatoms. The zero-order valence-corrected chi connectivity index (χ0v) is 12.3. The van der Waals surface area contributed by atoms with E-state index in [-0.39, 0.29) is 24.6 Å². The second-order valence-corrected chi connectivity index (χ2v) is 5.63. The van der Waals surface area contributed by atoms with Crippen molar-refractivity contribution in [2.75, 3.05) is 0 Å². The minimum Gasteiger partial charge on any atom is -0.309 e. The van der Waals surface area contributed by atoms with Crippen LogP contribution in [0, 0.1) is 11.3 Å². The van der Waals surface area contributed by atoms with E-state index in [1.54, 1.807) is 0 Å². The zero-order chi connectivity index (χ0) is 18.3. The maximum Gasteiger partial charge on any atom is 0.416 e. The molecule has 1 N–H and O–H groups in total. The molecule has 0 saturated heterocycles. The first-order valence-corrected chi connectivity index (χ1v) is 6.96. The van der Waals surface area contributed by atoms with Gasteiger partial charge in [0.25, 0.3) is 0 Å². The van der Waals surface area contributed by atoms with Gasteiger partial charge in [0.2, 0.25) is 0 Å². The van der Waals surface area contributed by atoms with Crippen LogP contribution < -0.4 is 0 Å². The number of nitrogens with one attached hydrogen (secondary N) is 1. The summed E-state index contributed by atoms with van der Waals surface area (Å²) in [5.74, 6) is -2.56. The van der Waals surface area contributed by atoms with Gasteiger partial charge >= 0.3 is 12.4 Å². The number of alkyl halides is 6. The standard InChI is InChI=1S/C16H13F6NO/c1-2-3-8-6-12(23)13(14(8)24)9-4-10(15(17,18)19)7-11(5-9)16(20,21)22/h2,4-5,7-8,13,23H,1,3,6H2. The van der Waals surface area contributed by atoms with Crippen molar-refractivity contribution in [2.24, 2.45) is 5.92 Å². The summed E-state index contributed by atoms with van der Waals surface area (Å²) in [6.07, 6.45) is -8.30. The van der Waals surface area contributed by atoms with Crippen molar-refractivity contribution in [1.29, 1.82) is 5.41 Å². The molecule has 0 heterocycles. The van der Waals surface area contributed by atoms with Gasteiger partial charge in [-0.3, -0.25) is 4.79 Å². The smallest absolute Gasteiger partial charge is 0.309 e. The molecule has 0 amide bonds. The highest BCUT2D eigenvalue weighted by molar-refractivity contribution is 6.15. The van der Waals surface area contributed by atoms with Gasteiger partial charge in [0, 0.05) is 11.6 Å². The number of rotatable bonds is 3. The van der Waals surface area contributed by atoms with Crippen LogP contribution in [0.3, 0.4) is 0 Å². The van der Waals surface area contributed by atoms with Crippen LogP contribution in [0.4, 0.5) is 26.3 Å². The van der Waals surface area contributed by atoms with Gasteiger partial charge in [-0.25, -0.2) is 0 Å². The van der Waals surface area contributed by atoms with E-state index < -0.39 is 46.7 Å². The lowest BCUT2D eigenvalue weighted by molar-refractivity contribution is -0.143. The topological polar surface area (TPSA) is 40.9 Å². The third kappa shape index (κ3) is 3.52. The average Bonchev–Trinajstić information content (AvgIpc) is 2.71. The number of carbonyl (C=O) groups excluding carboxylic acids is 1. The molecule has 1 saturated carbocycles. The molecule has 0 aromatic heterocycles. The molecule has 0 spiro atoms. The Labute approximate surface area is 133 Å². The Morgan fingerprint density at radius 2 is 1.58 bits per heavy atom. The quantitative estimate of drug-likeness (QED) is 0.606. The number of hydrogen-bond acceptors (Lipinski definition) is 2. The largest absolute Gasteiger partial charge is 0.416 e. The molecule has 1 aliphatic rings. The van der Waals surface area contributed by atoms with Gasteiger partial charge < -0.3 is 5.41 Å². The van der Waals surface area contributed by atoms with E-state index in [1.807, 2.05) is 0 Å². The molecule has 2 unspecified atom stereocenters. The molecule has 2 nitrogen and oxygen atoms in total. The summed E-state index contributed by atoms with van der Waals surface area (Å²) in [5, 5.41) is 7.82. The Bertz CT molecular complexity index is 657. The minimum atomic E-state index is -4.99. The van der Waals surface area contributed by atoms with E-state index in [9.17, 15) is 31.1 Å². The predicted octanol–water partition coefficient (Wildman–Crippen LogP) is 4.99. The fraction of sp³-hybridized carbons (Fsp3) is 0.375. The molecular formula is C16H13F6NO. The van der Waals surface area contributed by atoms with E-state index in [0.29, 0.717) is 12.1 Å². The van der Waals surface area contributed by atoms with Crippen molar-refractivity contribution >= 4 is 11.5 Å². The summed E-state index contributed by atoms with van der Waals surface area (Å²) in [5.41, 5.74) is -3.60. The van der Waals surface area contributed by atoms with Crippen molar-refractivity contribution in [2.45, 2.75) is 31.1 Å². The van der Waals surface area contributed by atoms with E-state index in [2.05, 4.69) is 6.58 Å². The molecule has 1 aromatic carbocycles. The van der Waals surface area contributed by atoms with E-state index >= 15 is 0 Å². The second-order valence-electron chi connectivity index (χ2n) is 5.63. The highest BCUT2D eigenvalue weighted by Crippen LogP contribution is 2.41. The maximum atomic E-state index is 12.9. The summed E-state index contributed by atoms with van der Waals surface area (Å²) in [6, 6.07) is 1.04. The highest BCUT2D eigenvalue weighted by Gasteiger charge is 2.42. The lowest BCUT2D eigenvalue weighted by atomic mass is 9.90. The summed E-state index contributed by atoms with van der Waals surface area (Å²) in [6.45, 7) is 3.45. The lowest BCUT2D eigenvalue weighted by Gasteiger charge is -2.17. The van der Waals surface area contributed by atoms with E-state index in [1.165, 1.54) is 6.08 Å². The summed E-state index contributed by atoms with van der Waals surface area (Å²) >= 11 is 0. The van der Waals surface area contributed by atoms with E-state index in [0.717, 1.165) is 0 Å². The van der Waals surface area contributed by atoms with Crippen LogP contribution in [-0.2, 0) is 17.1 Å². The Morgan fingerprint density at radius 1 is 1.08 bits per heavy atom. The number of allylic oxidation sites excluding steroid dienone is 1. The van der Waals surface area contributed by atoms with Crippen LogP contribution in [-0.4, -0.2) is 11.5 Å². The molecule has 0 radical (unpaired) electrons. The number of ketones is 1. The fourth-order valence-corrected chi connectivity index (χ4v) is 2.80. The first-order valence-electron chi connectivity index (χ1n) is 6.96. The van der Waals surface area contributed by atoms with Gasteiger partial charge in [-0.1, -0.05) is 6.08 Å². The SMILES string of the molecule is C=CCC1CC(=N)C(c2cc(C(F)(F)F)cc(C(F)(F)F)c2)C1=O. The van der Waals surface area contributed by atoms with Gasteiger partial charge in [0.1, 0.15) is 5.78 Å². The number of benzene rings is 1. The van der Waals surface area contributed by atoms with Crippen molar-refractivity contribution < 1.29 is 31.1 Å². The van der Waals surface area contributed by atoms with E-state index in [4.69, 9.17) is 5.41 Å². The van der Waals surface area contributed by atoms with Crippen LogP contribution in [0.2, 0.25) is 0 Å². The molecule has 0 aliphatic heterocycles. The van der Waals surface area contributed by atoms with Crippen LogP contribution in [0.1, 0.15) is 35.4 Å². The molecule has 24 heavy (non-hydrogen) atoms. The van der Waals surface area contributed by atoms with Crippen LogP contribution in [0.5, 0.6) is 0 Å². The first kappa shape index (κ1) is 18.2. The number of carbonyl (C=O) groups is 1. The Hall–Kier alpha value is -2.12. The monoisotopic (exact) mass is 349 g/mol. The van der Waals surface area contributed by atoms with Crippen LogP contribution >= 0.6 is 0 Å². The number of Topliss-reactive ketones (excluding diaryl/α,β-unsaturated/α-hetero) is 1. The molecule has 0 bridgehead atoms. The summed E-state index contributed by atoms with van der Waals surface area (Å²) < 4.78 is 77.4. The van der Waals surface area contributed by atoms with Gasteiger partial charge in [0.05, 0.1) is 17.0 Å². The van der Waals surface area contributed by atoms with Crippen molar-refractivity contribution in [1.82, 2.24) is 0 Å². The minimum absolute atomic E-state index is 0.00706. The fourth-order valence-electron chi connectivity index (χ4n) is 2.80. The average molecular weight is 349 g/mol. The van der Waals surface area contributed by atoms with Crippen LogP contribution in [0.25, 0.3) is 0 Å². The maximum absolute atomic E-state index is 12.9. The van der Waals surface area contributed by atoms with Gasteiger partial charge in [0.15, 0.2) is 0 Å². The molecular weight excluding hydrogens is 336 g/mol. The Balaban J connectivity index is 2.55. The van der Waals surface area contributed by atoms with Crippen molar-refractivity contribution in [3.63, 3.8) is 0 Å². The Morgan fingerprint density at radius 3 is 2.00 bits per heavy atom. The van der Waals surface area contributed by atoms with Crippen molar-refractivity contribution in [3.05, 3.63) is 47.5 Å². The normalized spacial score (nSPS) is 22.1. The molecule has 1 fully saturated rings. The summed E-state index contributed by atoms with van der Waals surface area (Å²) in [4.78, 5) is 12.3. The summed E-state index contributed by atoms with van der Waals surface area (Å²) in [7, 11) is 0. The molecule has 2 atom stereocenters. The van der Waals surface area contributed by atoms with Gasteiger partial charge in [-0.2, -0.15) is 26.3 Å². The molecule has 130 valence electrons. The second kappa shape index (κ2) is 6.07. The lowest BCUT2D eigenvalue weighted by Crippen LogP contribution is -2.18. The highest BCUT2D eigenvalue weighted by atomic mass is 19.4. The predicted molar refractivity (Wildman–Crippen MR) is 74.8 cm³/mol. The Kier molecular flexibility index (Phi) is 4.61. The first-order chi connectivity index (χ1) is 10.9. The van der Waals surface area contributed by atoms with Gasteiger partial charge in [-0.15, -0.1) is 6.58 Å². The zero-order valence-electron chi connectivity index (χ0n) is 12.3. The third-order valence-corrected chi connectivity index (χ3v) is 3.90. The third-order valence-electron chi connectivity index (χ3n) is 3.90. The van der Waals surface area contributed by atoms with Crippen LogP contribution in [0.15, 0.2) is 30.9 Å².